The fourth-order valence-electron chi connectivity index (χ4n) is 3.12. The molecule has 0 spiro atoms. The molecule has 0 aliphatic heterocycles. The third-order valence-corrected chi connectivity index (χ3v) is 6.66. The minimum absolute atomic E-state index is 0.142. The van der Waals surface area contributed by atoms with Crippen LogP contribution in [0, 0.1) is 0 Å². The molecule has 190 valence electrons. The van der Waals surface area contributed by atoms with Gasteiger partial charge in [0.05, 0.1) is 24.3 Å². The second kappa shape index (κ2) is 11.2. The largest absolute Gasteiger partial charge is 0.493 e. The maximum atomic E-state index is 13.7. The van der Waals surface area contributed by atoms with Crippen LogP contribution in [-0.4, -0.2) is 33.2 Å². The summed E-state index contributed by atoms with van der Waals surface area (Å²) in [5.41, 5.74) is 4.99. The van der Waals surface area contributed by atoms with Gasteiger partial charge in [-0.1, -0.05) is 41.7 Å². The number of hydrogen-bond donors (Lipinski definition) is 3. The lowest BCUT2D eigenvalue weighted by atomic mass is 10.1. The number of aromatic nitrogens is 2. The Labute approximate surface area is 204 Å². The highest BCUT2D eigenvalue weighted by Crippen LogP contribution is 2.41. The number of halogens is 3. The van der Waals surface area contributed by atoms with Crippen molar-refractivity contribution >= 4 is 19.2 Å². The lowest BCUT2D eigenvalue weighted by Gasteiger charge is -2.21. The Morgan fingerprint density at radius 1 is 1.09 bits per heavy atom. The van der Waals surface area contributed by atoms with Gasteiger partial charge in [-0.2, -0.15) is 13.2 Å². The van der Waals surface area contributed by atoms with Gasteiger partial charge in [-0.15, -0.1) is 10.2 Å². The van der Waals surface area contributed by atoms with E-state index >= 15 is 0 Å². The number of hydrogen-bond acceptors (Lipinski definition) is 7. The number of phosphoric ester groups is 1. The van der Waals surface area contributed by atoms with E-state index in [4.69, 9.17) is 20.3 Å². The van der Waals surface area contributed by atoms with Crippen LogP contribution in [0.15, 0.2) is 48.5 Å². The van der Waals surface area contributed by atoms with Crippen LogP contribution in [0.4, 0.5) is 13.2 Å². The van der Waals surface area contributed by atoms with E-state index in [-0.39, 0.29) is 27.9 Å². The van der Waals surface area contributed by atoms with Crippen LogP contribution in [-0.2, 0) is 27.2 Å². The molecule has 0 radical (unpaired) electrons. The normalized spacial score (nSPS) is 14.0. The molecule has 0 aliphatic rings. The average molecular weight is 531 g/mol. The van der Waals surface area contributed by atoms with Crippen LogP contribution in [0.5, 0.6) is 5.75 Å². The molecule has 2 aromatic carbocycles. The van der Waals surface area contributed by atoms with Gasteiger partial charge in [0.25, 0.3) is 0 Å². The first-order valence-electron chi connectivity index (χ1n) is 10.6. The fraction of sp³-hybridized carbons (Fsp3) is 0.364. The van der Waals surface area contributed by atoms with E-state index in [0.29, 0.717) is 6.42 Å². The maximum Gasteiger partial charge on any atom is 0.469 e. The molecule has 0 saturated carbocycles. The Hall–Kier alpha value is -2.34. The number of nitrogens with two attached hydrogens (primary N) is 1. The van der Waals surface area contributed by atoms with Gasteiger partial charge in [0, 0.05) is 5.56 Å². The summed E-state index contributed by atoms with van der Waals surface area (Å²) < 4.78 is 62.0. The Balaban J connectivity index is 1.69. The molecular weight excluding hydrogens is 506 g/mol. The van der Waals surface area contributed by atoms with E-state index in [1.54, 1.807) is 0 Å². The quantitative estimate of drug-likeness (QED) is 0.235. The number of phosphoric acid groups is 1. The number of nitrogens with zero attached hydrogens (tertiary/aromatic N) is 2. The summed E-state index contributed by atoms with van der Waals surface area (Å²) in [7, 11) is -4.76. The van der Waals surface area contributed by atoms with Crippen molar-refractivity contribution < 1.29 is 36.8 Å². The topological polar surface area (TPSA) is 128 Å². The van der Waals surface area contributed by atoms with Gasteiger partial charge in [-0.05, 0) is 49.9 Å². The van der Waals surface area contributed by atoms with E-state index < -0.39 is 31.7 Å². The summed E-state index contributed by atoms with van der Waals surface area (Å²) in [5, 5.41) is 8.07. The number of ether oxygens (including phenoxy) is 1. The first-order chi connectivity index (χ1) is 16.4. The van der Waals surface area contributed by atoms with E-state index in [1.807, 2.05) is 30.3 Å². The van der Waals surface area contributed by atoms with Crippen molar-refractivity contribution in [3.63, 3.8) is 0 Å². The number of unbranched alkanes of at least 4 members (excludes halogenated alkanes) is 1. The predicted octanol–water partition coefficient (Wildman–Crippen LogP) is 4.91. The van der Waals surface area contributed by atoms with Crippen LogP contribution < -0.4 is 10.5 Å². The summed E-state index contributed by atoms with van der Waals surface area (Å²) in [5.74, 6) is -0.274. The van der Waals surface area contributed by atoms with Gasteiger partial charge in [-0.25, -0.2) is 4.57 Å². The first-order valence-corrected chi connectivity index (χ1v) is 12.9. The third kappa shape index (κ3) is 8.09. The Kier molecular flexibility index (Phi) is 8.68. The number of alkyl halides is 3. The summed E-state index contributed by atoms with van der Waals surface area (Å²) >= 11 is 0.903. The van der Waals surface area contributed by atoms with Crippen molar-refractivity contribution in [3.8, 4) is 16.3 Å². The molecule has 4 N–H and O–H groups in total. The van der Waals surface area contributed by atoms with Crippen LogP contribution in [0.25, 0.3) is 10.6 Å². The first kappa shape index (κ1) is 27.3. The van der Waals surface area contributed by atoms with Crippen molar-refractivity contribution in [1.82, 2.24) is 10.2 Å². The van der Waals surface area contributed by atoms with E-state index in [2.05, 4.69) is 14.7 Å². The molecule has 8 nitrogen and oxygen atoms in total. The standard InChI is InChI=1S/C22H25F3N3O5PS/c1-21(26,14-33-34(29,30)31)20-28-27-19(35-20)16-10-11-18(17(13-16)22(23,24)25)32-12-6-5-9-15-7-3-2-4-8-15/h2-4,7-8,10-11,13H,5-6,9,12,14,26H2,1H3,(H2,29,30,31). The Morgan fingerprint density at radius 3 is 2.46 bits per heavy atom. The molecule has 1 heterocycles. The zero-order valence-electron chi connectivity index (χ0n) is 18.7. The van der Waals surface area contributed by atoms with Crippen molar-refractivity contribution in [2.45, 2.75) is 37.9 Å². The predicted molar refractivity (Wildman–Crippen MR) is 125 cm³/mol. The second-order valence-electron chi connectivity index (χ2n) is 8.09. The summed E-state index contributed by atoms with van der Waals surface area (Å²) in [4.78, 5) is 17.7. The zero-order chi connectivity index (χ0) is 25.7. The van der Waals surface area contributed by atoms with Gasteiger partial charge in [0.15, 0.2) is 0 Å². The molecule has 3 aromatic rings. The maximum absolute atomic E-state index is 13.7. The smallest absolute Gasteiger partial charge is 0.469 e. The monoisotopic (exact) mass is 531 g/mol. The molecule has 1 aromatic heterocycles. The molecule has 13 heteroatoms. The highest BCUT2D eigenvalue weighted by Gasteiger charge is 2.35. The van der Waals surface area contributed by atoms with Gasteiger partial charge in [-0.3, -0.25) is 4.52 Å². The zero-order valence-corrected chi connectivity index (χ0v) is 20.4. The minimum atomic E-state index is -4.76. The molecular formula is C22H25F3N3O5PS. The van der Waals surface area contributed by atoms with Gasteiger partial charge in [0.2, 0.25) is 0 Å². The highest BCUT2D eigenvalue weighted by atomic mass is 32.1. The van der Waals surface area contributed by atoms with Gasteiger partial charge in [0.1, 0.15) is 15.8 Å². The molecule has 1 atom stereocenters. The van der Waals surface area contributed by atoms with E-state index in [0.717, 1.165) is 35.8 Å². The molecule has 0 bridgehead atoms. The summed E-state index contributed by atoms with van der Waals surface area (Å²) in [6, 6.07) is 13.4. The SMILES string of the molecule is CC(N)(COP(=O)(O)O)c1nnc(-c2ccc(OCCCCc3ccccc3)c(C(F)(F)F)c2)s1. The lowest BCUT2D eigenvalue weighted by molar-refractivity contribution is -0.138. The third-order valence-electron chi connectivity index (χ3n) is 4.94. The summed E-state index contributed by atoms with van der Waals surface area (Å²) in [6.07, 6.45) is -2.46. The molecule has 3 rings (SSSR count). The molecule has 0 saturated heterocycles. The average Bonchev–Trinajstić information content (AvgIpc) is 3.29. The van der Waals surface area contributed by atoms with E-state index in [9.17, 15) is 17.7 Å². The van der Waals surface area contributed by atoms with Crippen LogP contribution in [0.2, 0.25) is 0 Å². The lowest BCUT2D eigenvalue weighted by Crippen LogP contribution is -2.37. The molecule has 0 aliphatic carbocycles. The van der Waals surface area contributed by atoms with Crippen molar-refractivity contribution in [3.05, 3.63) is 64.7 Å². The van der Waals surface area contributed by atoms with Gasteiger partial charge >= 0.3 is 14.0 Å². The molecule has 0 fully saturated rings. The van der Waals surface area contributed by atoms with E-state index in [1.165, 1.54) is 19.1 Å². The van der Waals surface area contributed by atoms with Crippen LogP contribution >= 0.6 is 19.2 Å². The van der Waals surface area contributed by atoms with Crippen molar-refractivity contribution in [2.24, 2.45) is 5.73 Å². The number of aryl methyl sites for hydroxylation is 1. The summed E-state index contributed by atoms with van der Waals surface area (Å²) in [6.45, 7) is 1.00. The highest BCUT2D eigenvalue weighted by molar-refractivity contribution is 7.46. The van der Waals surface area contributed by atoms with Crippen molar-refractivity contribution in [1.29, 1.82) is 0 Å². The second-order valence-corrected chi connectivity index (χ2v) is 10.3. The molecule has 0 amide bonds. The van der Waals surface area contributed by atoms with Crippen molar-refractivity contribution in [2.75, 3.05) is 13.2 Å². The van der Waals surface area contributed by atoms with Crippen LogP contribution in [0.1, 0.15) is 35.9 Å². The number of rotatable bonds is 11. The van der Waals surface area contributed by atoms with Gasteiger partial charge < -0.3 is 20.3 Å². The number of benzene rings is 2. The molecule has 35 heavy (non-hydrogen) atoms. The fourth-order valence-corrected chi connectivity index (χ4v) is 4.44. The van der Waals surface area contributed by atoms with Crippen LogP contribution in [0.3, 0.4) is 0 Å². The Bertz CT molecular complexity index is 1170. The Morgan fingerprint density at radius 2 is 1.80 bits per heavy atom. The minimum Gasteiger partial charge on any atom is -0.493 e. The molecule has 1 unspecified atom stereocenters.